The molecular formula is C21H26N8O4. The van der Waals surface area contributed by atoms with Crippen LogP contribution >= 0.6 is 0 Å². The van der Waals surface area contributed by atoms with Crippen LogP contribution in [0.4, 0.5) is 0 Å². The number of piperidine rings is 1. The summed E-state index contributed by atoms with van der Waals surface area (Å²) in [5, 5.41) is 30.1. The monoisotopic (exact) mass is 454 g/mol. The van der Waals surface area contributed by atoms with E-state index in [0.29, 0.717) is 49.0 Å². The van der Waals surface area contributed by atoms with Crippen LogP contribution in [0.3, 0.4) is 0 Å². The van der Waals surface area contributed by atoms with Crippen molar-refractivity contribution >= 4 is 11.9 Å². The molecule has 5 rings (SSSR count). The lowest BCUT2D eigenvalue weighted by atomic mass is 9.77. The minimum atomic E-state index is -0.793. The predicted molar refractivity (Wildman–Crippen MR) is 113 cm³/mol. The van der Waals surface area contributed by atoms with Crippen molar-refractivity contribution in [1.29, 1.82) is 0 Å². The lowest BCUT2D eigenvalue weighted by Crippen LogP contribution is -2.45. The second kappa shape index (κ2) is 8.27. The molecule has 0 radical (unpaired) electrons. The Kier molecular flexibility index (Phi) is 5.41. The molecule has 1 amide bonds. The number of carbonyl (C=O) groups excluding carboxylic acids is 2. The number of aliphatic hydroxyl groups excluding tert-OH is 1. The van der Waals surface area contributed by atoms with Gasteiger partial charge in [-0.25, -0.2) is 4.79 Å². The van der Waals surface area contributed by atoms with E-state index in [1.54, 1.807) is 17.9 Å². The van der Waals surface area contributed by atoms with Crippen LogP contribution in [0.15, 0.2) is 23.7 Å². The van der Waals surface area contributed by atoms with Gasteiger partial charge in [-0.1, -0.05) is 0 Å². The van der Waals surface area contributed by atoms with E-state index in [9.17, 15) is 14.7 Å². The van der Waals surface area contributed by atoms with Gasteiger partial charge in [0.1, 0.15) is 19.0 Å². The molecule has 2 aromatic rings. The molecule has 1 unspecified atom stereocenters. The highest BCUT2D eigenvalue weighted by Crippen LogP contribution is 2.43. The SMILES string of the molecule is CC1=C(N2CCC3(CCN(CC(O)c4cc(C)c(-n5cnnn5)nn4)CC3)C2=O)COC1=O. The fourth-order valence-electron chi connectivity index (χ4n) is 4.94. The molecule has 0 aliphatic carbocycles. The van der Waals surface area contributed by atoms with Gasteiger partial charge in [0.15, 0.2) is 5.82 Å². The van der Waals surface area contributed by atoms with Crippen LogP contribution in [0.5, 0.6) is 0 Å². The summed E-state index contributed by atoms with van der Waals surface area (Å²) in [4.78, 5) is 28.9. The van der Waals surface area contributed by atoms with Crippen molar-refractivity contribution in [1.82, 2.24) is 40.2 Å². The van der Waals surface area contributed by atoms with Gasteiger partial charge in [0, 0.05) is 13.1 Å². The van der Waals surface area contributed by atoms with Crippen LogP contribution in [0.1, 0.15) is 43.5 Å². The van der Waals surface area contributed by atoms with E-state index in [0.717, 1.165) is 24.8 Å². The van der Waals surface area contributed by atoms with Crippen molar-refractivity contribution in [2.75, 3.05) is 32.8 Å². The second-order valence-corrected chi connectivity index (χ2v) is 8.98. The van der Waals surface area contributed by atoms with E-state index < -0.39 is 11.5 Å². The number of aliphatic hydroxyl groups is 1. The molecule has 1 atom stereocenters. The predicted octanol–water partition coefficient (Wildman–Crippen LogP) is -0.0606. The normalized spacial score (nSPS) is 21.8. The molecule has 12 heteroatoms. The van der Waals surface area contributed by atoms with Crippen LogP contribution in [-0.2, 0) is 14.3 Å². The zero-order chi connectivity index (χ0) is 23.2. The van der Waals surface area contributed by atoms with Crippen molar-refractivity contribution in [2.24, 2.45) is 5.41 Å². The first-order valence-corrected chi connectivity index (χ1v) is 11.0. The standard InChI is InChI=1S/C21H26N8O4/c1-13-9-15(23-24-18(13)29-12-22-25-26-29)17(30)10-27-6-3-21(4-7-27)5-8-28(20(21)32)16-11-33-19(31)14(16)2/h9,12,17,30H,3-8,10-11H2,1-2H3. The number of hydrogen-bond acceptors (Lipinski definition) is 10. The number of nitrogens with zero attached hydrogens (tertiary/aromatic N) is 8. The number of tetrazole rings is 1. The largest absolute Gasteiger partial charge is 0.456 e. The Morgan fingerprint density at radius 2 is 1.91 bits per heavy atom. The maximum Gasteiger partial charge on any atom is 0.336 e. The Balaban J connectivity index is 1.20. The number of esters is 1. The number of cyclic esters (lactones) is 1. The Morgan fingerprint density at radius 3 is 2.55 bits per heavy atom. The third-order valence-electron chi connectivity index (χ3n) is 7.05. The molecule has 1 N–H and O–H groups in total. The third-order valence-corrected chi connectivity index (χ3v) is 7.05. The number of ether oxygens (including phenoxy) is 1. The first kappa shape index (κ1) is 21.6. The van der Waals surface area contributed by atoms with E-state index in [1.807, 2.05) is 6.92 Å². The molecular weight excluding hydrogens is 428 g/mol. The van der Waals surface area contributed by atoms with Gasteiger partial charge in [0.25, 0.3) is 0 Å². The number of amides is 1. The Bertz CT molecular complexity index is 1110. The number of hydrogen-bond donors (Lipinski definition) is 1. The number of aryl methyl sites for hydroxylation is 1. The lowest BCUT2D eigenvalue weighted by Gasteiger charge is -2.38. The first-order chi connectivity index (χ1) is 15.9. The van der Waals surface area contributed by atoms with Crippen LogP contribution in [-0.4, -0.2) is 90.0 Å². The molecule has 2 saturated heterocycles. The fourth-order valence-corrected chi connectivity index (χ4v) is 4.94. The highest BCUT2D eigenvalue weighted by molar-refractivity contribution is 5.94. The summed E-state index contributed by atoms with van der Waals surface area (Å²) in [5.74, 6) is 0.266. The van der Waals surface area contributed by atoms with Crippen molar-refractivity contribution in [3.63, 3.8) is 0 Å². The van der Waals surface area contributed by atoms with Gasteiger partial charge in [-0.2, -0.15) is 9.78 Å². The molecule has 12 nitrogen and oxygen atoms in total. The number of rotatable bonds is 5. The highest BCUT2D eigenvalue weighted by atomic mass is 16.5. The summed E-state index contributed by atoms with van der Waals surface area (Å²) in [7, 11) is 0. The molecule has 33 heavy (non-hydrogen) atoms. The van der Waals surface area contributed by atoms with Gasteiger partial charge in [0.05, 0.1) is 22.4 Å². The minimum absolute atomic E-state index is 0.0926. The smallest absolute Gasteiger partial charge is 0.336 e. The summed E-state index contributed by atoms with van der Waals surface area (Å²) in [6.07, 6.45) is 2.87. The average Bonchev–Trinajstić information content (AvgIpc) is 3.53. The van der Waals surface area contributed by atoms with Gasteiger partial charge in [0.2, 0.25) is 5.91 Å². The minimum Gasteiger partial charge on any atom is -0.456 e. The summed E-state index contributed by atoms with van der Waals surface area (Å²) < 4.78 is 6.52. The van der Waals surface area contributed by atoms with Crippen molar-refractivity contribution in [3.05, 3.63) is 34.9 Å². The zero-order valence-corrected chi connectivity index (χ0v) is 18.6. The molecule has 0 bridgehead atoms. The van der Waals surface area contributed by atoms with Crippen LogP contribution in [0.2, 0.25) is 0 Å². The molecule has 174 valence electrons. The maximum atomic E-state index is 13.3. The molecule has 0 aromatic carbocycles. The average molecular weight is 454 g/mol. The van der Waals surface area contributed by atoms with E-state index in [4.69, 9.17) is 4.74 Å². The Morgan fingerprint density at radius 1 is 1.15 bits per heavy atom. The van der Waals surface area contributed by atoms with Gasteiger partial charge in [-0.3, -0.25) is 4.79 Å². The molecule has 1 spiro atoms. The first-order valence-electron chi connectivity index (χ1n) is 11.0. The molecule has 2 aromatic heterocycles. The van der Waals surface area contributed by atoms with Crippen molar-refractivity contribution < 1.29 is 19.4 Å². The number of aromatic nitrogens is 6. The van der Waals surface area contributed by atoms with Crippen molar-refractivity contribution in [3.8, 4) is 5.82 Å². The van der Waals surface area contributed by atoms with Gasteiger partial charge in [-0.15, -0.1) is 10.2 Å². The Hall–Kier alpha value is -3.25. The van der Waals surface area contributed by atoms with Crippen molar-refractivity contribution in [2.45, 2.75) is 39.2 Å². The van der Waals surface area contributed by atoms with Gasteiger partial charge in [-0.05, 0) is 68.3 Å². The van der Waals surface area contributed by atoms with Gasteiger partial charge >= 0.3 is 5.97 Å². The molecule has 5 heterocycles. The number of likely N-dealkylation sites (tertiary alicyclic amines) is 2. The van der Waals surface area contributed by atoms with Crippen LogP contribution in [0.25, 0.3) is 5.82 Å². The lowest BCUT2D eigenvalue weighted by molar-refractivity contribution is -0.138. The maximum absolute atomic E-state index is 13.3. The third kappa shape index (κ3) is 3.78. The van der Waals surface area contributed by atoms with E-state index >= 15 is 0 Å². The number of β-amino-alcohol motifs (C(OH)–C–C–N with tert-alkyl or cyclic N) is 1. The van der Waals surface area contributed by atoms with E-state index in [1.165, 1.54) is 11.0 Å². The summed E-state index contributed by atoms with van der Waals surface area (Å²) >= 11 is 0. The molecule has 3 aliphatic rings. The second-order valence-electron chi connectivity index (χ2n) is 8.98. The molecule has 3 aliphatic heterocycles. The fraction of sp³-hybridized carbons (Fsp3) is 0.571. The topological polar surface area (TPSA) is 139 Å². The summed E-state index contributed by atoms with van der Waals surface area (Å²) in [6, 6.07) is 1.79. The van der Waals surface area contributed by atoms with Gasteiger partial charge < -0.3 is 19.6 Å². The number of carbonyl (C=O) groups is 2. The summed E-state index contributed by atoms with van der Waals surface area (Å²) in [6.45, 7) is 6.21. The highest BCUT2D eigenvalue weighted by Gasteiger charge is 2.50. The molecule has 2 fully saturated rings. The van der Waals surface area contributed by atoms with Crippen LogP contribution in [0, 0.1) is 12.3 Å². The van der Waals surface area contributed by atoms with E-state index in [-0.39, 0.29) is 18.5 Å². The quantitative estimate of drug-likeness (QED) is 0.611. The van der Waals surface area contributed by atoms with Crippen LogP contribution < -0.4 is 0 Å². The summed E-state index contributed by atoms with van der Waals surface area (Å²) in [5.41, 5.74) is 2.13. The zero-order valence-electron chi connectivity index (χ0n) is 18.6. The Labute approximate surface area is 190 Å². The van der Waals surface area contributed by atoms with E-state index in [2.05, 4.69) is 30.6 Å². The molecule has 0 saturated carbocycles.